The molecular formula is C34H59N3O12S. The third kappa shape index (κ3) is 8.87. The van der Waals surface area contributed by atoms with Gasteiger partial charge in [-0.1, -0.05) is 27.7 Å². The van der Waals surface area contributed by atoms with Crippen LogP contribution in [0.3, 0.4) is 0 Å². The first-order valence-electron chi connectivity index (χ1n) is 17.5. The molecule has 0 aliphatic carbocycles. The number of fused-ring (bicyclic) bond motifs is 1. The maximum absolute atomic E-state index is 14.4. The largest absolute Gasteiger partial charge is 0.458 e. The van der Waals surface area contributed by atoms with Crippen molar-refractivity contribution in [2.75, 3.05) is 40.6 Å². The molecule has 2 N–H and O–H groups in total. The number of ether oxygens (including phenoxy) is 5. The molecule has 0 aromatic heterocycles. The third-order valence-corrected chi connectivity index (χ3v) is 11.6. The van der Waals surface area contributed by atoms with Gasteiger partial charge in [-0.25, -0.2) is 17.9 Å². The summed E-state index contributed by atoms with van der Waals surface area (Å²) in [5.74, 6) is -5.47. The van der Waals surface area contributed by atoms with Gasteiger partial charge >= 0.3 is 12.1 Å². The third-order valence-electron chi connectivity index (χ3n) is 10.9. The molecule has 0 saturated carbocycles. The molecule has 3 fully saturated rings. The number of aliphatic hydroxyl groups excluding tert-OH is 1. The molecule has 0 unspecified atom stereocenters. The molecule has 13 atom stereocenters. The quantitative estimate of drug-likeness (QED) is 0.258. The van der Waals surface area contributed by atoms with Gasteiger partial charge in [0.1, 0.15) is 23.9 Å². The van der Waals surface area contributed by atoms with Crippen LogP contribution in [0.2, 0.25) is 0 Å². The zero-order valence-corrected chi connectivity index (χ0v) is 32.4. The molecule has 16 heteroatoms. The number of hydrogen-bond acceptors (Lipinski definition) is 13. The predicted molar refractivity (Wildman–Crippen MR) is 182 cm³/mol. The van der Waals surface area contributed by atoms with Crippen LogP contribution in [0.25, 0.3) is 0 Å². The Balaban J connectivity index is 2.12. The smallest absolute Gasteiger partial charge is 0.410 e. The van der Waals surface area contributed by atoms with Crippen molar-refractivity contribution < 1.29 is 56.4 Å². The Morgan fingerprint density at radius 2 is 1.66 bits per heavy atom. The van der Waals surface area contributed by atoms with Crippen molar-refractivity contribution >= 4 is 33.7 Å². The highest BCUT2D eigenvalue weighted by molar-refractivity contribution is 7.88. The predicted octanol–water partition coefficient (Wildman–Crippen LogP) is 1.74. The van der Waals surface area contributed by atoms with Crippen LogP contribution < -0.4 is 4.72 Å². The standard InChI is InChI=1S/C34H59N3O12S/c1-13-24-34(8)28(37(32(42)49-34)15-14-35-50(12,43)44)20(4)25(38)18(2)17-33(7,45-11)29(21(5)26(39)22(6)30(41)47-24)48-31-27(40)23(36(9)10)16-19(3)46-31/h18-24,27-29,31,35,40H,13-17H2,1-12H3/t18-,19-,20-,21-,22-,23+,24+,27-,28+,29-,31+,33-,34-/m1/s1. The molecule has 50 heavy (non-hydrogen) atoms. The molecule has 1 amide bonds. The van der Waals surface area contributed by atoms with E-state index < -0.39 is 93.4 Å². The van der Waals surface area contributed by atoms with E-state index >= 15 is 0 Å². The summed E-state index contributed by atoms with van der Waals surface area (Å²) in [7, 11) is 1.55. The van der Waals surface area contributed by atoms with Gasteiger partial charge in [0.15, 0.2) is 17.7 Å². The number of aliphatic hydroxyl groups is 1. The van der Waals surface area contributed by atoms with Gasteiger partial charge in [0.2, 0.25) is 10.0 Å². The van der Waals surface area contributed by atoms with Gasteiger partial charge in [0, 0.05) is 44.0 Å². The maximum atomic E-state index is 14.4. The molecule has 3 aliphatic rings. The molecule has 15 nitrogen and oxygen atoms in total. The minimum absolute atomic E-state index is 0.0638. The summed E-state index contributed by atoms with van der Waals surface area (Å²) in [6.07, 6.45) is -3.64. The molecule has 0 radical (unpaired) electrons. The lowest BCUT2D eigenvalue weighted by molar-refractivity contribution is -0.295. The summed E-state index contributed by atoms with van der Waals surface area (Å²) in [5.41, 5.74) is -2.84. The number of hydrogen-bond donors (Lipinski definition) is 2. The van der Waals surface area contributed by atoms with E-state index in [1.54, 1.807) is 41.5 Å². The van der Waals surface area contributed by atoms with E-state index in [2.05, 4.69) is 4.72 Å². The summed E-state index contributed by atoms with van der Waals surface area (Å²) < 4.78 is 56.6. The minimum atomic E-state index is -3.59. The lowest BCUT2D eigenvalue weighted by Crippen LogP contribution is -2.60. The van der Waals surface area contributed by atoms with Gasteiger partial charge < -0.3 is 33.7 Å². The van der Waals surface area contributed by atoms with Crippen molar-refractivity contribution in [1.82, 2.24) is 14.5 Å². The Morgan fingerprint density at radius 3 is 2.20 bits per heavy atom. The van der Waals surface area contributed by atoms with Crippen molar-refractivity contribution in [3.05, 3.63) is 0 Å². The van der Waals surface area contributed by atoms with Crippen LogP contribution in [-0.4, -0.2) is 141 Å². The topological polar surface area (TPSA) is 187 Å². The average Bonchev–Trinajstić information content (AvgIpc) is 3.29. The Kier molecular flexibility index (Phi) is 13.7. The second kappa shape index (κ2) is 16.2. The number of cyclic esters (lactones) is 1. The van der Waals surface area contributed by atoms with Crippen molar-refractivity contribution in [2.24, 2.45) is 23.7 Å². The fourth-order valence-electron chi connectivity index (χ4n) is 8.06. The molecule has 0 bridgehead atoms. The number of esters is 1. The second-order valence-corrected chi connectivity index (χ2v) is 16.9. The van der Waals surface area contributed by atoms with E-state index in [4.69, 9.17) is 23.7 Å². The fraction of sp³-hybridized carbons (Fsp3) is 0.882. The Hall–Kier alpha value is -2.21. The minimum Gasteiger partial charge on any atom is -0.458 e. The van der Waals surface area contributed by atoms with E-state index in [1.165, 1.54) is 18.9 Å². The number of carbonyl (C=O) groups is 4. The number of methoxy groups -OCH3 is 1. The van der Waals surface area contributed by atoms with Crippen LogP contribution in [0, 0.1) is 23.7 Å². The van der Waals surface area contributed by atoms with Crippen molar-refractivity contribution in [1.29, 1.82) is 0 Å². The summed E-state index contributed by atoms with van der Waals surface area (Å²) in [5, 5.41) is 11.3. The van der Waals surface area contributed by atoms with Crippen LogP contribution in [-0.2, 0) is 48.1 Å². The van der Waals surface area contributed by atoms with Crippen LogP contribution >= 0.6 is 0 Å². The van der Waals surface area contributed by atoms with Gasteiger partial charge in [0.05, 0.1) is 30.1 Å². The first-order chi connectivity index (χ1) is 23.0. The van der Waals surface area contributed by atoms with Crippen molar-refractivity contribution in [3.63, 3.8) is 0 Å². The molecule has 3 aliphatic heterocycles. The van der Waals surface area contributed by atoms with Gasteiger partial charge in [-0.05, 0) is 61.1 Å². The maximum Gasteiger partial charge on any atom is 0.410 e. The SMILES string of the molecule is CC[C@@H]1OC(=O)[C@H](C)C(=O)[C@@H](C)[C@@H](O[C@@H]2O[C@H](C)C[C@H](N(C)C)[C@H]2O)[C@](C)(OC)C[C@@H](C)C(=O)[C@@H](C)[C@@H]2N(CCNS(C)(=O)=O)C(=O)O[C@]12C. The van der Waals surface area contributed by atoms with Crippen LogP contribution in [0.4, 0.5) is 4.79 Å². The van der Waals surface area contributed by atoms with Gasteiger partial charge in [-0.2, -0.15) is 0 Å². The van der Waals surface area contributed by atoms with Gasteiger partial charge in [-0.15, -0.1) is 0 Å². The van der Waals surface area contributed by atoms with E-state index in [1.807, 2.05) is 25.9 Å². The Morgan fingerprint density at radius 1 is 1.04 bits per heavy atom. The lowest BCUT2D eigenvalue weighted by atomic mass is 9.73. The van der Waals surface area contributed by atoms with E-state index in [-0.39, 0.29) is 43.9 Å². The normalized spacial score (nSPS) is 41.1. The van der Waals surface area contributed by atoms with Crippen molar-refractivity contribution in [2.45, 2.75) is 129 Å². The van der Waals surface area contributed by atoms with Gasteiger partial charge in [-0.3, -0.25) is 19.3 Å². The Bertz CT molecular complexity index is 1360. The monoisotopic (exact) mass is 733 g/mol. The number of nitrogens with one attached hydrogen (secondary N) is 1. The summed E-state index contributed by atoms with van der Waals surface area (Å²) in [6, 6.07) is -1.27. The molecular weight excluding hydrogens is 674 g/mol. The zero-order valence-electron chi connectivity index (χ0n) is 31.6. The Labute approximate surface area is 297 Å². The number of likely N-dealkylation sites (N-methyl/N-ethyl adjacent to an activating group) is 1. The summed E-state index contributed by atoms with van der Waals surface area (Å²) in [6.45, 7) is 13.1. The molecule has 3 rings (SSSR count). The molecule has 0 spiro atoms. The highest BCUT2D eigenvalue weighted by atomic mass is 32.2. The summed E-state index contributed by atoms with van der Waals surface area (Å²) in [4.78, 5) is 58.9. The summed E-state index contributed by atoms with van der Waals surface area (Å²) >= 11 is 0. The zero-order chi connectivity index (χ0) is 38.1. The molecule has 3 heterocycles. The van der Waals surface area contributed by atoms with Crippen LogP contribution in [0.1, 0.15) is 74.7 Å². The van der Waals surface area contributed by atoms with Gasteiger partial charge in [0.25, 0.3) is 0 Å². The van der Waals surface area contributed by atoms with E-state index in [9.17, 15) is 32.7 Å². The molecule has 3 saturated heterocycles. The fourth-order valence-corrected chi connectivity index (χ4v) is 8.52. The highest BCUT2D eigenvalue weighted by Crippen LogP contribution is 2.43. The number of carbonyl (C=O) groups excluding carboxylic acids is 4. The second-order valence-electron chi connectivity index (χ2n) is 15.0. The highest BCUT2D eigenvalue weighted by Gasteiger charge is 2.60. The van der Waals surface area contributed by atoms with Crippen LogP contribution in [0.5, 0.6) is 0 Å². The number of amides is 1. The first kappa shape index (κ1) is 42.2. The van der Waals surface area contributed by atoms with E-state index in [0.29, 0.717) is 6.42 Å². The first-order valence-corrected chi connectivity index (χ1v) is 19.3. The average molecular weight is 734 g/mol. The van der Waals surface area contributed by atoms with Crippen LogP contribution in [0.15, 0.2) is 0 Å². The number of ketones is 2. The number of Topliss-reactive ketones (excluding diaryl/α,β-unsaturated/α-hetero) is 2. The number of sulfonamides is 1. The number of rotatable bonds is 9. The number of nitrogens with zero attached hydrogens (tertiary/aromatic N) is 2. The lowest BCUT2D eigenvalue weighted by Gasteiger charge is -2.47. The molecule has 0 aromatic rings. The molecule has 288 valence electrons. The van der Waals surface area contributed by atoms with E-state index in [0.717, 1.165) is 6.26 Å². The molecule has 0 aromatic carbocycles. The van der Waals surface area contributed by atoms with Crippen molar-refractivity contribution in [3.8, 4) is 0 Å².